The van der Waals surface area contributed by atoms with Crippen molar-refractivity contribution in [3.63, 3.8) is 0 Å². The Bertz CT molecular complexity index is 357. The number of benzene rings is 1. The van der Waals surface area contributed by atoms with Crippen molar-refractivity contribution in [3.8, 4) is 5.75 Å². The summed E-state index contributed by atoms with van der Waals surface area (Å²) in [6.07, 6.45) is 0.468. The number of methoxy groups -OCH3 is 1. The number of nitrogens with one attached hydrogen (secondary N) is 1. The summed E-state index contributed by atoms with van der Waals surface area (Å²) in [7, 11) is 1.67. The standard InChI is InChI=1S/C13H20BrNO2/c1-4-11(16)8-15-9(2)12-6-5-10(14)7-13(12)17-3/h5-7,9,11,15-16H,4,8H2,1-3H3/t9-,11+/m1/s1. The summed E-state index contributed by atoms with van der Waals surface area (Å²) in [4.78, 5) is 0. The van der Waals surface area contributed by atoms with Crippen LogP contribution < -0.4 is 10.1 Å². The quantitative estimate of drug-likeness (QED) is 0.849. The molecule has 0 aliphatic carbocycles. The molecular weight excluding hydrogens is 282 g/mol. The number of aliphatic hydroxyl groups excluding tert-OH is 1. The van der Waals surface area contributed by atoms with E-state index in [1.165, 1.54) is 0 Å². The molecule has 2 N–H and O–H groups in total. The molecule has 0 saturated carbocycles. The predicted octanol–water partition coefficient (Wildman–Crippen LogP) is 2.88. The van der Waals surface area contributed by atoms with Gasteiger partial charge in [0.1, 0.15) is 5.75 Å². The molecule has 1 aromatic rings. The van der Waals surface area contributed by atoms with Crippen LogP contribution in [0.15, 0.2) is 22.7 Å². The summed E-state index contributed by atoms with van der Waals surface area (Å²) < 4.78 is 6.35. The highest BCUT2D eigenvalue weighted by Gasteiger charge is 2.12. The SMILES string of the molecule is CC[C@H](O)CN[C@H](C)c1ccc(Br)cc1OC. The zero-order valence-corrected chi connectivity index (χ0v) is 12.1. The zero-order chi connectivity index (χ0) is 12.8. The summed E-state index contributed by atoms with van der Waals surface area (Å²) in [5.74, 6) is 0.852. The van der Waals surface area contributed by atoms with Crippen molar-refractivity contribution in [1.29, 1.82) is 0 Å². The maximum atomic E-state index is 9.52. The lowest BCUT2D eigenvalue weighted by atomic mass is 10.1. The number of rotatable bonds is 6. The van der Waals surface area contributed by atoms with Crippen molar-refractivity contribution in [3.05, 3.63) is 28.2 Å². The molecule has 3 nitrogen and oxygen atoms in total. The summed E-state index contributed by atoms with van der Waals surface area (Å²) in [5, 5.41) is 12.8. The number of halogens is 1. The van der Waals surface area contributed by atoms with E-state index >= 15 is 0 Å². The fraction of sp³-hybridized carbons (Fsp3) is 0.538. The summed E-state index contributed by atoms with van der Waals surface area (Å²) in [6, 6.07) is 6.12. The van der Waals surface area contributed by atoms with Crippen LogP contribution in [0.4, 0.5) is 0 Å². The molecule has 0 aliphatic rings. The van der Waals surface area contributed by atoms with Crippen molar-refractivity contribution in [2.75, 3.05) is 13.7 Å². The van der Waals surface area contributed by atoms with Crippen LogP contribution >= 0.6 is 15.9 Å². The normalized spacial score (nSPS) is 14.4. The molecule has 2 atom stereocenters. The largest absolute Gasteiger partial charge is 0.496 e. The van der Waals surface area contributed by atoms with E-state index in [-0.39, 0.29) is 12.1 Å². The fourth-order valence-electron chi connectivity index (χ4n) is 1.61. The minimum absolute atomic E-state index is 0.152. The Labute approximate surface area is 111 Å². The van der Waals surface area contributed by atoms with Crippen LogP contribution in [0.2, 0.25) is 0 Å². The van der Waals surface area contributed by atoms with Crippen molar-refractivity contribution in [2.45, 2.75) is 32.4 Å². The molecular formula is C13H20BrNO2. The summed E-state index contributed by atoms with van der Waals surface area (Å²) in [5.41, 5.74) is 1.10. The molecule has 0 heterocycles. The Morgan fingerprint density at radius 3 is 2.76 bits per heavy atom. The van der Waals surface area contributed by atoms with Gasteiger partial charge in [0.2, 0.25) is 0 Å². The van der Waals surface area contributed by atoms with Crippen molar-refractivity contribution in [2.24, 2.45) is 0 Å². The van der Waals surface area contributed by atoms with E-state index in [1.54, 1.807) is 7.11 Å². The molecule has 1 aromatic carbocycles. The van der Waals surface area contributed by atoms with Gasteiger partial charge >= 0.3 is 0 Å². The minimum Gasteiger partial charge on any atom is -0.496 e. The van der Waals surface area contributed by atoms with E-state index in [2.05, 4.69) is 28.2 Å². The van der Waals surface area contributed by atoms with Gasteiger partial charge in [0.05, 0.1) is 13.2 Å². The third-order valence-corrected chi connectivity index (χ3v) is 3.29. The average Bonchev–Trinajstić information content (AvgIpc) is 2.35. The van der Waals surface area contributed by atoms with E-state index in [0.717, 1.165) is 22.2 Å². The number of hydrogen-bond donors (Lipinski definition) is 2. The first-order valence-electron chi connectivity index (χ1n) is 5.83. The lowest BCUT2D eigenvalue weighted by molar-refractivity contribution is 0.163. The molecule has 0 aromatic heterocycles. The van der Waals surface area contributed by atoms with Crippen LogP contribution in [0, 0.1) is 0 Å². The molecule has 0 amide bonds. The van der Waals surface area contributed by atoms with Gasteiger partial charge in [0.25, 0.3) is 0 Å². The van der Waals surface area contributed by atoms with Crippen LogP contribution in [0.3, 0.4) is 0 Å². The molecule has 0 saturated heterocycles. The maximum absolute atomic E-state index is 9.52. The summed E-state index contributed by atoms with van der Waals surface area (Å²) in [6.45, 7) is 4.63. The van der Waals surface area contributed by atoms with Crippen LogP contribution in [0.5, 0.6) is 5.75 Å². The van der Waals surface area contributed by atoms with Gasteiger partial charge in [-0.25, -0.2) is 0 Å². The molecule has 0 bridgehead atoms. The number of ether oxygens (including phenoxy) is 1. The second-order valence-corrected chi connectivity index (χ2v) is 4.99. The third kappa shape index (κ3) is 4.30. The predicted molar refractivity (Wildman–Crippen MR) is 73.4 cm³/mol. The van der Waals surface area contributed by atoms with E-state index in [9.17, 15) is 5.11 Å². The highest BCUT2D eigenvalue weighted by atomic mass is 79.9. The Morgan fingerprint density at radius 1 is 1.47 bits per heavy atom. The Hall–Kier alpha value is -0.580. The fourth-order valence-corrected chi connectivity index (χ4v) is 1.95. The van der Waals surface area contributed by atoms with Crippen LogP contribution in [-0.4, -0.2) is 24.9 Å². The highest BCUT2D eigenvalue weighted by Crippen LogP contribution is 2.28. The summed E-state index contributed by atoms with van der Waals surface area (Å²) >= 11 is 3.42. The molecule has 0 fully saturated rings. The topological polar surface area (TPSA) is 41.5 Å². The first kappa shape index (κ1) is 14.5. The zero-order valence-electron chi connectivity index (χ0n) is 10.5. The number of aliphatic hydroxyl groups is 1. The first-order valence-corrected chi connectivity index (χ1v) is 6.62. The molecule has 0 aliphatic heterocycles. The van der Waals surface area contributed by atoms with Crippen molar-refractivity contribution < 1.29 is 9.84 Å². The Morgan fingerprint density at radius 2 is 2.18 bits per heavy atom. The van der Waals surface area contributed by atoms with Gasteiger partial charge < -0.3 is 15.2 Å². The van der Waals surface area contributed by atoms with Gasteiger partial charge in [-0.1, -0.05) is 28.9 Å². The van der Waals surface area contributed by atoms with Crippen LogP contribution in [0.1, 0.15) is 31.9 Å². The van der Waals surface area contributed by atoms with Gasteiger partial charge in [-0.2, -0.15) is 0 Å². The average molecular weight is 302 g/mol. The molecule has 0 spiro atoms. The first-order chi connectivity index (χ1) is 8.08. The Kier molecular flexibility index (Phi) is 5.95. The second kappa shape index (κ2) is 6.99. The lowest BCUT2D eigenvalue weighted by Crippen LogP contribution is -2.28. The Balaban J connectivity index is 2.71. The van der Waals surface area contributed by atoms with E-state index < -0.39 is 0 Å². The van der Waals surface area contributed by atoms with Crippen LogP contribution in [-0.2, 0) is 0 Å². The monoisotopic (exact) mass is 301 g/mol. The van der Waals surface area contributed by atoms with E-state index in [0.29, 0.717) is 6.54 Å². The van der Waals surface area contributed by atoms with Crippen molar-refractivity contribution in [1.82, 2.24) is 5.32 Å². The van der Waals surface area contributed by atoms with Gasteiger partial charge in [-0.15, -0.1) is 0 Å². The molecule has 1 rings (SSSR count). The highest BCUT2D eigenvalue weighted by molar-refractivity contribution is 9.10. The molecule has 17 heavy (non-hydrogen) atoms. The number of hydrogen-bond acceptors (Lipinski definition) is 3. The van der Waals surface area contributed by atoms with Gasteiger partial charge in [0.15, 0.2) is 0 Å². The van der Waals surface area contributed by atoms with Crippen LogP contribution in [0.25, 0.3) is 0 Å². The van der Waals surface area contributed by atoms with Gasteiger partial charge in [-0.05, 0) is 25.5 Å². The third-order valence-electron chi connectivity index (χ3n) is 2.79. The molecule has 0 radical (unpaired) electrons. The van der Waals surface area contributed by atoms with E-state index in [1.807, 2.05) is 25.1 Å². The molecule has 0 unspecified atom stereocenters. The maximum Gasteiger partial charge on any atom is 0.124 e. The van der Waals surface area contributed by atoms with E-state index in [4.69, 9.17) is 4.74 Å². The van der Waals surface area contributed by atoms with Crippen molar-refractivity contribution >= 4 is 15.9 Å². The van der Waals surface area contributed by atoms with Gasteiger partial charge in [-0.3, -0.25) is 0 Å². The minimum atomic E-state index is -0.293. The molecule has 96 valence electrons. The molecule has 4 heteroatoms. The smallest absolute Gasteiger partial charge is 0.124 e. The van der Waals surface area contributed by atoms with Gasteiger partial charge in [0, 0.05) is 22.6 Å². The lowest BCUT2D eigenvalue weighted by Gasteiger charge is -2.19. The second-order valence-electron chi connectivity index (χ2n) is 4.08.